The van der Waals surface area contributed by atoms with Crippen molar-refractivity contribution >= 4 is 40.6 Å². The second kappa shape index (κ2) is 10.3. The number of amides is 3. The summed E-state index contributed by atoms with van der Waals surface area (Å²) in [7, 11) is 2.93. The molecule has 0 saturated carbocycles. The Kier molecular flexibility index (Phi) is 7.58. The number of hydrogen-bond donors (Lipinski definition) is 3. The molecule has 2 heterocycles. The lowest BCUT2D eigenvalue weighted by Gasteiger charge is -2.32. The number of nitrogens with zero attached hydrogens (tertiary/aromatic N) is 2. The minimum atomic E-state index is -1.25. The van der Waals surface area contributed by atoms with Gasteiger partial charge in [0.15, 0.2) is 23.2 Å². The van der Waals surface area contributed by atoms with Gasteiger partial charge in [-0.05, 0) is 63.5 Å². The molecular weight excluding hydrogens is 486 g/mol. The van der Waals surface area contributed by atoms with E-state index in [1.54, 1.807) is 37.3 Å². The van der Waals surface area contributed by atoms with Gasteiger partial charge in [0, 0.05) is 17.3 Å². The van der Waals surface area contributed by atoms with Crippen LogP contribution in [0.25, 0.3) is 0 Å². The zero-order valence-corrected chi connectivity index (χ0v) is 21.7. The number of hydrogen-bond acceptors (Lipinski definition) is 9. The molecule has 11 nitrogen and oxygen atoms in total. The SMILES string of the molecule is COc1ccc(N(C(=O)c2snc(C(N)=O)c2N)[C@H](C(=O)NC(C)(C)C)c2ccc(C)o2)cc1OC. The quantitative estimate of drug-likeness (QED) is 0.412. The molecule has 1 aromatic carbocycles. The molecule has 0 aliphatic carbocycles. The van der Waals surface area contributed by atoms with Crippen LogP contribution in [-0.2, 0) is 4.79 Å². The summed E-state index contributed by atoms with van der Waals surface area (Å²) >= 11 is 0.711. The summed E-state index contributed by atoms with van der Waals surface area (Å²) < 4.78 is 20.5. The molecule has 0 fully saturated rings. The van der Waals surface area contributed by atoms with E-state index in [0.717, 1.165) is 0 Å². The minimum Gasteiger partial charge on any atom is -0.493 e. The van der Waals surface area contributed by atoms with Crippen LogP contribution in [-0.4, -0.2) is 41.9 Å². The molecular formula is C24H29N5O6S. The number of carbonyl (C=O) groups is 3. The molecule has 0 unspecified atom stereocenters. The molecule has 192 valence electrons. The standard InChI is InChI=1S/C24H29N5O6S/c1-12-7-9-15(35-12)19(22(31)27-24(2,3)4)29(13-8-10-14(33-5)16(11-13)34-6)23(32)20-17(25)18(21(26)30)28-36-20/h7-11,19H,25H2,1-6H3,(H2,26,30)(H,27,31)/t19-/m0/s1. The van der Waals surface area contributed by atoms with E-state index < -0.39 is 29.3 Å². The number of benzene rings is 1. The number of furan rings is 1. The first-order valence-corrected chi connectivity index (χ1v) is 11.6. The lowest BCUT2D eigenvalue weighted by atomic mass is 10.0. The van der Waals surface area contributed by atoms with E-state index in [1.165, 1.54) is 19.1 Å². The Labute approximate surface area is 212 Å². The molecule has 36 heavy (non-hydrogen) atoms. The highest BCUT2D eigenvalue weighted by Crippen LogP contribution is 2.38. The van der Waals surface area contributed by atoms with Gasteiger partial charge in [-0.25, -0.2) is 0 Å². The molecule has 1 atom stereocenters. The number of rotatable bonds is 8. The first-order chi connectivity index (χ1) is 16.9. The number of nitrogen functional groups attached to an aromatic ring is 1. The van der Waals surface area contributed by atoms with Crippen LogP contribution in [0.5, 0.6) is 11.5 Å². The summed E-state index contributed by atoms with van der Waals surface area (Å²) in [5.74, 6) is -0.544. The summed E-state index contributed by atoms with van der Waals surface area (Å²) in [6.45, 7) is 7.18. The molecule has 12 heteroatoms. The zero-order valence-electron chi connectivity index (χ0n) is 20.9. The molecule has 0 bridgehead atoms. The van der Waals surface area contributed by atoms with Crippen molar-refractivity contribution in [3.05, 3.63) is 52.4 Å². The van der Waals surface area contributed by atoms with Crippen LogP contribution < -0.4 is 31.2 Å². The van der Waals surface area contributed by atoms with Crippen molar-refractivity contribution in [2.45, 2.75) is 39.3 Å². The van der Waals surface area contributed by atoms with Crippen LogP contribution >= 0.6 is 11.5 Å². The molecule has 3 amide bonds. The van der Waals surface area contributed by atoms with Crippen LogP contribution in [0.3, 0.4) is 0 Å². The van der Waals surface area contributed by atoms with E-state index in [-0.39, 0.29) is 27.7 Å². The van der Waals surface area contributed by atoms with E-state index in [0.29, 0.717) is 28.8 Å². The van der Waals surface area contributed by atoms with Gasteiger partial charge in [0.05, 0.1) is 19.9 Å². The predicted molar refractivity (Wildman–Crippen MR) is 135 cm³/mol. The summed E-state index contributed by atoms with van der Waals surface area (Å²) in [6, 6.07) is 6.81. The van der Waals surface area contributed by atoms with Crippen molar-refractivity contribution in [3.63, 3.8) is 0 Å². The Hall–Kier alpha value is -4.06. The molecule has 0 spiro atoms. The number of carbonyl (C=O) groups excluding carboxylic acids is 3. The Balaban J connectivity index is 2.27. The van der Waals surface area contributed by atoms with Gasteiger partial charge >= 0.3 is 0 Å². The van der Waals surface area contributed by atoms with Gasteiger partial charge in [0.25, 0.3) is 17.7 Å². The maximum absolute atomic E-state index is 14.0. The van der Waals surface area contributed by atoms with E-state index in [9.17, 15) is 14.4 Å². The predicted octanol–water partition coefficient (Wildman–Crippen LogP) is 3.05. The fourth-order valence-corrected chi connectivity index (χ4v) is 4.25. The molecule has 0 aliphatic heterocycles. The fourth-order valence-electron chi connectivity index (χ4n) is 3.51. The topological polar surface area (TPSA) is 163 Å². The molecule has 0 saturated heterocycles. The summed E-state index contributed by atoms with van der Waals surface area (Å²) in [5, 5.41) is 2.91. The number of primary amides is 1. The van der Waals surface area contributed by atoms with Crippen LogP contribution in [0.2, 0.25) is 0 Å². The molecule has 0 aliphatic rings. The Morgan fingerprint density at radius 1 is 1.11 bits per heavy atom. The lowest BCUT2D eigenvalue weighted by Crippen LogP contribution is -2.49. The molecule has 2 aromatic heterocycles. The first-order valence-electron chi connectivity index (χ1n) is 10.9. The third-order valence-electron chi connectivity index (χ3n) is 5.06. The van der Waals surface area contributed by atoms with Crippen molar-refractivity contribution in [2.75, 3.05) is 24.9 Å². The second-order valence-electron chi connectivity index (χ2n) is 8.94. The minimum absolute atomic E-state index is 0.0598. The Morgan fingerprint density at radius 3 is 2.28 bits per heavy atom. The average Bonchev–Trinajstić information content (AvgIpc) is 3.40. The van der Waals surface area contributed by atoms with Crippen molar-refractivity contribution in [1.29, 1.82) is 0 Å². The number of nitrogens with one attached hydrogen (secondary N) is 1. The van der Waals surface area contributed by atoms with Gasteiger partial charge in [0.1, 0.15) is 16.4 Å². The van der Waals surface area contributed by atoms with E-state index in [2.05, 4.69) is 9.69 Å². The van der Waals surface area contributed by atoms with Crippen molar-refractivity contribution < 1.29 is 28.3 Å². The Bertz CT molecular complexity index is 1290. The van der Waals surface area contributed by atoms with Crippen LogP contribution in [0.15, 0.2) is 34.7 Å². The highest BCUT2D eigenvalue weighted by Gasteiger charge is 2.39. The van der Waals surface area contributed by atoms with E-state index >= 15 is 0 Å². The summed E-state index contributed by atoms with van der Waals surface area (Å²) in [6.07, 6.45) is 0. The van der Waals surface area contributed by atoms with Gasteiger partial charge in [-0.1, -0.05) is 0 Å². The molecule has 3 aromatic rings. The van der Waals surface area contributed by atoms with Crippen LogP contribution in [0.4, 0.5) is 11.4 Å². The lowest BCUT2D eigenvalue weighted by molar-refractivity contribution is -0.124. The number of aryl methyl sites for hydroxylation is 1. The van der Waals surface area contributed by atoms with Gasteiger partial charge in [-0.3, -0.25) is 19.3 Å². The monoisotopic (exact) mass is 515 g/mol. The maximum Gasteiger partial charge on any atom is 0.273 e. The van der Waals surface area contributed by atoms with Crippen LogP contribution in [0.1, 0.15) is 58.5 Å². The molecule has 5 N–H and O–H groups in total. The first kappa shape index (κ1) is 26.5. The third-order valence-corrected chi connectivity index (χ3v) is 5.91. The number of nitrogens with two attached hydrogens (primary N) is 2. The smallest absolute Gasteiger partial charge is 0.273 e. The van der Waals surface area contributed by atoms with Crippen molar-refractivity contribution in [2.24, 2.45) is 5.73 Å². The maximum atomic E-state index is 14.0. The van der Waals surface area contributed by atoms with Crippen LogP contribution in [0, 0.1) is 6.92 Å². The van der Waals surface area contributed by atoms with E-state index in [1.807, 2.05) is 20.8 Å². The number of aromatic nitrogens is 1. The number of anilines is 2. The summed E-state index contributed by atoms with van der Waals surface area (Å²) in [5.41, 5.74) is 10.7. The molecule has 3 rings (SSSR count). The van der Waals surface area contributed by atoms with Gasteiger partial charge < -0.3 is 30.7 Å². The number of ether oxygens (including phenoxy) is 2. The largest absolute Gasteiger partial charge is 0.493 e. The summed E-state index contributed by atoms with van der Waals surface area (Å²) in [4.78, 5) is 40.6. The molecule has 0 radical (unpaired) electrons. The highest BCUT2D eigenvalue weighted by atomic mass is 32.1. The van der Waals surface area contributed by atoms with Gasteiger partial charge in [-0.2, -0.15) is 4.37 Å². The fraction of sp³-hybridized carbons (Fsp3) is 0.333. The van der Waals surface area contributed by atoms with Gasteiger partial charge in [-0.15, -0.1) is 0 Å². The second-order valence-corrected chi connectivity index (χ2v) is 9.72. The average molecular weight is 516 g/mol. The normalized spacial score (nSPS) is 12.1. The Morgan fingerprint density at radius 2 is 1.78 bits per heavy atom. The van der Waals surface area contributed by atoms with Crippen molar-refractivity contribution in [3.8, 4) is 11.5 Å². The third kappa shape index (κ3) is 5.43. The highest BCUT2D eigenvalue weighted by molar-refractivity contribution is 7.09. The van der Waals surface area contributed by atoms with E-state index in [4.69, 9.17) is 25.4 Å². The number of methoxy groups -OCH3 is 2. The van der Waals surface area contributed by atoms with Gasteiger partial charge in [0.2, 0.25) is 0 Å². The van der Waals surface area contributed by atoms with Crippen molar-refractivity contribution in [1.82, 2.24) is 9.69 Å². The zero-order chi connectivity index (χ0) is 26.8.